The SMILES string of the molecule is CCc1cnc(CCNC(=NC)NCC(c2cccc(C)c2)N2CCOCC2)s1. The monoisotopic (exact) mass is 415 g/mol. The van der Waals surface area contributed by atoms with Gasteiger partial charge in [-0.05, 0) is 18.9 Å². The lowest BCUT2D eigenvalue weighted by Gasteiger charge is -2.35. The predicted molar refractivity (Wildman–Crippen MR) is 121 cm³/mol. The van der Waals surface area contributed by atoms with Gasteiger partial charge in [-0.3, -0.25) is 9.89 Å². The number of nitrogens with one attached hydrogen (secondary N) is 2. The van der Waals surface area contributed by atoms with Crippen LogP contribution in [0.2, 0.25) is 0 Å². The maximum atomic E-state index is 5.56. The van der Waals surface area contributed by atoms with E-state index in [4.69, 9.17) is 4.74 Å². The Morgan fingerprint density at radius 1 is 1.31 bits per heavy atom. The molecule has 6 nitrogen and oxygen atoms in total. The highest BCUT2D eigenvalue weighted by Crippen LogP contribution is 2.22. The van der Waals surface area contributed by atoms with Crippen molar-refractivity contribution in [3.05, 3.63) is 51.5 Å². The first-order valence-electron chi connectivity index (χ1n) is 10.5. The van der Waals surface area contributed by atoms with Crippen molar-refractivity contribution in [1.29, 1.82) is 0 Å². The fourth-order valence-corrected chi connectivity index (χ4v) is 4.42. The second-order valence-corrected chi connectivity index (χ2v) is 8.48. The van der Waals surface area contributed by atoms with Crippen LogP contribution in [0.25, 0.3) is 0 Å². The zero-order valence-electron chi connectivity index (χ0n) is 17.8. The van der Waals surface area contributed by atoms with Crippen molar-refractivity contribution in [3.8, 4) is 0 Å². The van der Waals surface area contributed by atoms with Gasteiger partial charge in [-0.15, -0.1) is 11.3 Å². The summed E-state index contributed by atoms with van der Waals surface area (Å²) in [6, 6.07) is 9.09. The Hall–Kier alpha value is -1.96. The van der Waals surface area contributed by atoms with Gasteiger partial charge in [0.05, 0.1) is 24.3 Å². The Morgan fingerprint density at radius 2 is 2.14 bits per heavy atom. The Kier molecular flexibility index (Phi) is 8.46. The molecule has 2 aromatic rings. The fourth-order valence-electron chi connectivity index (χ4n) is 3.55. The van der Waals surface area contributed by atoms with Crippen LogP contribution in [0.1, 0.15) is 34.0 Å². The summed E-state index contributed by atoms with van der Waals surface area (Å²) in [5.41, 5.74) is 2.63. The zero-order chi connectivity index (χ0) is 20.5. The number of hydrogen-bond donors (Lipinski definition) is 2. The second kappa shape index (κ2) is 11.3. The normalized spacial score (nSPS) is 16.6. The topological polar surface area (TPSA) is 61.8 Å². The van der Waals surface area contributed by atoms with Crippen molar-refractivity contribution in [1.82, 2.24) is 20.5 Å². The van der Waals surface area contributed by atoms with Gasteiger partial charge in [0.2, 0.25) is 0 Å². The van der Waals surface area contributed by atoms with Gasteiger partial charge in [0.25, 0.3) is 0 Å². The summed E-state index contributed by atoms with van der Waals surface area (Å²) in [7, 11) is 1.82. The quantitative estimate of drug-likeness (QED) is 0.513. The number of aromatic nitrogens is 1. The molecular formula is C22H33N5OS. The summed E-state index contributed by atoms with van der Waals surface area (Å²) in [5.74, 6) is 0.836. The second-order valence-electron chi connectivity index (χ2n) is 7.28. The number of aryl methyl sites for hydroxylation is 2. The molecule has 7 heteroatoms. The molecule has 1 fully saturated rings. The van der Waals surface area contributed by atoms with Gasteiger partial charge < -0.3 is 15.4 Å². The Labute approximate surface area is 178 Å². The molecular weight excluding hydrogens is 382 g/mol. The van der Waals surface area contributed by atoms with Gasteiger partial charge in [0.15, 0.2) is 5.96 Å². The first kappa shape index (κ1) is 21.7. The zero-order valence-corrected chi connectivity index (χ0v) is 18.6. The van der Waals surface area contributed by atoms with Crippen LogP contribution >= 0.6 is 11.3 Å². The maximum Gasteiger partial charge on any atom is 0.191 e. The lowest BCUT2D eigenvalue weighted by Crippen LogP contribution is -2.46. The van der Waals surface area contributed by atoms with Crippen LogP contribution in [-0.4, -0.2) is 62.3 Å². The van der Waals surface area contributed by atoms with Crippen LogP contribution in [0, 0.1) is 6.92 Å². The maximum absolute atomic E-state index is 5.56. The van der Waals surface area contributed by atoms with Crippen LogP contribution < -0.4 is 10.6 Å². The molecule has 1 aromatic heterocycles. The first-order valence-corrected chi connectivity index (χ1v) is 11.3. The van der Waals surface area contributed by atoms with E-state index in [-0.39, 0.29) is 0 Å². The number of nitrogens with zero attached hydrogens (tertiary/aromatic N) is 3. The molecule has 0 amide bonds. The van der Waals surface area contributed by atoms with E-state index in [1.54, 1.807) is 11.3 Å². The molecule has 1 aliphatic heterocycles. The Bertz CT molecular complexity index is 785. The van der Waals surface area contributed by atoms with Crippen molar-refractivity contribution in [2.24, 2.45) is 4.99 Å². The number of rotatable bonds is 8. The van der Waals surface area contributed by atoms with Gasteiger partial charge in [-0.1, -0.05) is 36.8 Å². The Balaban J connectivity index is 1.56. The van der Waals surface area contributed by atoms with Gasteiger partial charge >= 0.3 is 0 Å². The van der Waals surface area contributed by atoms with Gasteiger partial charge in [-0.25, -0.2) is 4.98 Å². The lowest BCUT2D eigenvalue weighted by atomic mass is 10.0. The van der Waals surface area contributed by atoms with E-state index in [1.165, 1.54) is 21.0 Å². The van der Waals surface area contributed by atoms with E-state index in [0.717, 1.165) is 58.2 Å². The third-order valence-electron chi connectivity index (χ3n) is 5.18. The summed E-state index contributed by atoms with van der Waals surface area (Å²) in [6.45, 7) is 9.44. The molecule has 0 aliphatic carbocycles. The fraction of sp³-hybridized carbons (Fsp3) is 0.545. The van der Waals surface area contributed by atoms with E-state index >= 15 is 0 Å². The molecule has 1 aliphatic rings. The van der Waals surface area contributed by atoms with Crippen molar-refractivity contribution in [2.45, 2.75) is 32.7 Å². The highest BCUT2D eigenvalue weighted by atomic mass is 32.1. The molecule has 0 saturated carbocycles. The molecule has 0 bridgehead atoms. The Morgan fingerprint density at radius 3 is 2.83 bits per heavy atom. The van der Waals surface area contributed by atoms with E-state index in [1.807, 2.05) is 13.2 Å². The van der Waals surface area contributed by atoms with Gasteiger partial charge in [0.1, 0.15) is 0 Å². The minimum atomic E-state index is 0.295. The number of guanidine groups is 1. The van der Waals surface area contributed by atoms with Crippen LogP contribution in [0.5, 0.6) is 0 Å². The first-order chi connectivity index (χ1) is 14.2. The average molecular weight is 416 g/mol. The summed E-state index contributed by atoms with van der Waals surface area (Å²) >= 11 is 1.80. The van der Waals surface area contributed by atoms with Crippen LogP contribution in [0.3, 0.4) is 0 Å². The number of aliphatic imine (C=N–C) groups is 1. The van der Waals surface area contributed by atoms with E-state index in [0.29, 0.717) is 6.04 Å². The summed E-state index contributed by atoms with van der Waals surface area (Å²) in [6.07, 6.45) is 3.95. The highest BCUT2D eigenvalue weighted by molar-refractivity contribution is 7.11. The van der Waals surface area contributed by atoms with Crippen LogP contribution in [0.15, 0.2) is 35.5 Å². The number of ether oxygens (including phenoxy) is 1. The number of morpholine rings is 1. The summed E-state index contributed by atoms with van der Waals surface area (Å²) in [5, 5.41) is 8.13. The third-order valence-corrected chi connectivity index (χ3v) is 6.38. The van der Waals surface area contributed by atoms with Crippen molar-refractivity contribution in [2.75, 3.05) is 46.4 Å². The van der Waals surface area contributed by atoms with Crippen molar-refractivity contribution in [3.63, 3.8) is 0 Å². The molecule has 158 valence electrons. The highest BCUT2D eigenvalue weighted by Gasteiger charge is 2.23. The van der Waals surface area contributed by atoms with E-state index in [9.17, 15) is 0 Å². The molecule has 0 radical (unpaired) electrons. The largest absolute Gasteiger partial charge is 0.379 e. The molecule has 0 spiro atoms. The van der Waals surface area contributed by atoms with E-state index < -0.39 is 0 Å². The summed E-state index contributed by atoms with van der Waals surface area (Å²) in [4.78, 5) is 12.7. The lowest BCUT2D eigenvalue weighted by molar-refractivity contribution is 0.0170. The van der Waals surface area contributed by atoms with Crippen LogP contribution in [-0.2, 0) is 17.6 Å². The minimum absolute atomic E-state index is 0.295. The van der Waals surface area contributed by atoms with Crippen molar-refractivity contribution < 1.29 is 4.74 Å². The number of hydrogen-bond acceptors (Lipinski definition) is 5. The summed E-state index contributed by atoms with van der Waals surface area (Å²) < 4.78 is 5.56. The third kappa shape index (κ3) is 6.52. The molecule has 2 N–H and O–H groups in total. The molecule has 29 heavy (non-hydrogen) atoms. The van der Waals surface area contributed by atoms with Crippen LogP contribution in [0.4, 0.5) is 0 Å². The number of benzene rings is 1. The predicted octanol–water partition coefficient (Wildman–Crippen LogP) is 2.79. The molecule has 1 aromatic carbocycles. The standard InChI is InChI=1S/C22H33N5OS/c1-4-19-15-25-21(29-19)8-9-24-22(23-3)26-16-20(27-10-12-28-13-11-27)18-7-5-6-17(2)14-18/h5-7,14-15,20H,4,8-13,16H2,1-3H3,(H2,23,24,26). The molecule has 1 unspecified atom stereocenters. The van der Waals surface area contributed by atoms with E-state index in [2.05, 4.69) is 63.6 Å². The molecule has 1 saturated heterocycles. The van der Waals surface area contributed by atoms with Crippen molar-refractivity contribution >= 4 is 17.3 Å². The molecule has 2 heterocycles. The smallest absolute Gasteiger partial charge is 0.191 e. The number of thiazole rings is 1. The van der Waals surface area contributed by atoms with Gasteiger partial charge in [-0.2, -0.15) is 0 Å². The molecule has 1 atom stereocenters. The minimum Gasteiger partial charge on any atom is -0.379 e. The average Bonchev–Trinajstić information content (AvgIpc) is 3.21. The molecule has 3 rings (SSSR count). The van der Waals surface area contributed by atoms with Gasteiger partial charge in [0, 0.05) is 50.7 Å².